The molecule has 0 radical (unpaired) electrons. The highest BCUT2D eigenvalue weighted by Gasteiger charge is 2.07. The Bertz CT molecular complexity index is 554. The minimum atomic E-state index is -1.14. The first kappa shape index (κ1) is 12.0. The number of nitrogens with zero attached hydrogens (tertiary/aromatic N) is 2. The lowest BCUT2D eigenvalue weighted by Crippen LogP contribution is -2.02. The third-order valence-electron chi connectivity index (χ3n) is 2.17. The van der Waals surface area contributed by atoms with Crippen molar-refractivity contribution in [3.8, 4) is 11.8 Å². The number of ether oxygens (including phenoxy) is 1. The van der Waals surface area contributed by atoms with Crippen LogP contribution in [-0.2, 0) is 6.61 Å². The zero-order valence-electron chi connectivity index (χ0n) is 9.28. The summed E-state index contributed by atoms with van der Waals surface area (Å²) in [6.07, 6.45) is 1.31. The van der Waals surface area contributed by atoms with Gasteiger partial charge in [0, 0.05) is 6.20 Å². The standard InChI is InChI=1S/C12H10N2O4/c15-7-8-1-3-9(4-2-8)18-12-13-6-5-10(14-12)11(16)17/h1-6,15H,7H2,(H,16,17). The Morgan fingerprint density at radius 1 is 1.22 bits per heavy atom. The maximum atomic E-state index is 10.7. The molecule has 0 atom stereocenters. The van der Waals surface area contributed by atoms with Crippen LogP contribution in [0.5, 0.6) is 11.8 Å². The molecule has 0 fully saturated rings. The summed E-state index contributed by atoms with van der Waals surface area (Å²) >= 11 is 0. The van der Waals surface area contributed by atoms with Gasteiger partial charge in [-0.2, -0.15) is 4.98 Å². The van der Waals surface area contributed by atoms with E-state index >= 15 is 0 Å². The molecular weight excluding hydrogens is 236 g/mol. The van der Waals surface area contributed by atoms with E-state index in [9.17, 15) is 4.79 Å². The predicted octanol–water partition coefficient (Wildman–Crippen LogP) is 1.46. The maximum Gasteiger partial charge on any atom is 0.354 e. The van der Waals surface area contributed by atoms with Gasteiger partial charge in [-0.25, -0.2) is 9.78 Å². The van der Waals surface area contributed by atoms with Crippen molar-refractivity contribution in [2.24, 2.45) is 0 Å². The van der Waals surface area contributed by atoms with Crippen LogP contribution in [0.1, 0.15) is 16.1 Å². The maximum absolute atomic E-state index is 10.7. The fourth-order valence-electron chi connectivity index (χ4n) is 1.28. The highest BCUT2D eigenvalue weighted by Crippen LogP contribution is 2.18. The van der Waals surface area contributed by atoms with E-state index < -0.39 is 5.97 Å². The summed E-state index contributed by atoms with van der Waals surface area (Å²) in [7, 11) is 0. The third kappa shape index (κ3) is 2.80. The van der Waals surface area contributed by atoms with Crippen LogP contribution >= 0.6 is 0 Å². The fourth-order valence-corrected chi connectivity index (χ4v) is 1.28. The molecule has 92 valence electrons. The van der Waals surface area contributed by atoms with Crippen LogP contribution in [-0.4, -0.2) is 26.2 Å². The van der Waals surface area contributed by atoms with Crippen LogP contribution in [0.4, 0.5) is 0 Å². The van der Waals surface area contributed by atoms with Gasteiger partial charge in [0.1, 0.15) is 5.75 Å². The lowest BCUT2D eigenvalue weighted by Gasteiger charge is -2.04. The number of carboxylic acids is 1. The van der Waals surface area contributed by atoms with Gasteiger partial charge in [0.2, 0.25) is 0 Å². The SMILES string of the molecule is O=C(O)c1ccnc(Oc2ccc(CO)cc2)n1. The van der Waals surface area contributed by atoms with Crippen LogP contribution in [0.25, 0.3) is 0 Å². The molecule has 0 aliphatic heterocycles. The van der Waals surface area contributed by atoms with E-state index in [2.05, 4.69) is 9.97 Å². The number of aromatic carboxylic acids is 1. The molecule has 1 heterocycles. The second-order valence-electron chi connectivity index (χ2n) is 3.43. The predicted molar refractivity (Wildman–Crippen MR) is 61.4 cm³/mol. The first-order valence-electron chi connectivity index (χ1n) is 5.13. The lowest BCUT2D eigenvalue weighted by molar-refractivity contribution is 0.0689. The lowest BCUT2D eigenvalue weighted by atomic mass is 10.2. The summed E-state index contributed by atoms with van der Waals surface area (Å²) in [5.41, 5.74) is 0.620. The van der Waals surface area contributed by atoms with Gasteiger partial charge in [-0.05, 0) is 23.8 Å². The fraction of sp³-hybridized carbons (Fsp3) is 0.0833. The highest BCUT2D eigenvalue weighted by molar-refractivity contribution is 5.85. The van der Waals surface area contributed by atoms with Gasteiger partial charge in [0.15, 0.2) is 5.69 Å². The molecule has 18 heavy (non-hydrogen) atoms. The zero-order chi connectivity index (χ0) is 13.0. The molecule has 0 bridgehead atoms. The molecule has 0 saturated heterocycles. The molecule has 0 aliphatic carbocycles. The number of carbonyl (C=O) groups is 1. The van der Waals surface area contributed by atoms with Crippen molar-refractivity contribution in [3.63, 3.8) is 0 Å². The van der Waals surface area contributed by atoms with Gasteiger partial charge in [-0.15, -0.1) is 0 Å². The first-order valence-corrected chi connectivity index (χ1v) is 5.13. The van der Waals surface area contributed by atoms with Crippen molar-refractivity contribution < 1.29 is 19.7 Å². The number of aliphatic hydroxyl groups is 1. The van der Waals surface area contributed by atoms with E-state index in [1.165, 1.54) is 12.3 Å². The van der Waals surface area contributed by atoms with E-state index in [0.29, 0.717) is 5.75 Å². The average molecular weight is 246 g/mol. The monoisotopic (exact) mass is 246 g/mol. The molecule has 6 nitrogen and oxygen atoms in total. The Kier molecular flexibility index (Phi) is 3.49. The molecule has 2 aromatic rings. The number of carboxylic acid groups (broad SMARTS) is 1. The molecule has 0 saturated carbocycles. The quantitative estimate of drug-likeness (QED) is 0.848. The number of aromatic nitrogens is 2. The van der Waals surface area contributed by atoms with Gasteiger partial charge >= 0.3 is 12.0 Å². The molecule has 0 amide bonds. The third-order valence-corrected chi connectivity index (χ3v) is 2.17. The van der Waals surface area contributed by atoms with Crippen molar-refractivity contribution in [3.05, 3.63) is 47.8 Å². The van der Waals surface area contributed by atoms with Gasteiger partial charge < -0.3 is 14.9 Å². The van der Waals surface area contributed by atoms with Gasteiger partial charge in [0.05, 0.1) is 6.61 Å². The number of benzene rings is 1. The summed E-state index contributed by atoms with van der Waals surface area (Å²) in [5, 5.41) is 17.7. The number of hydrogen-bond acceptors (Lipinski definition) is 5. The van der Waals surface area contributed by atoms with Crippen molar-refractivity contribution >= 4 is 5.97 Å². The van der Waals surface area contributed by atoms with Crippen LogP contribution in [0, 0.1) is 0 Å². The Morgan fingerprint density at radius 2 is 1.94 bits per heavy atom. The van der Waals surface area contributed by atoms with E-state index in [1.807, 2.05) is 0 Å². The topological polar surface area (TPSA) is 92.5 Å². The van der Waals surface area contributed by atoms with Crippen LogP contribution in [0.2, 0.25) is 0 Å². The first-order chi connectivity index (χ1) is 8.69. The molecule has 2 N–H and O–H groups in total. The Balaban J connectivity index is 2.17. The Morgan fingerprint density at radius 3 is 2.56 bits per heavy atom. The molecule has 0 spiro atoms. The molecule has 0 unspecified atom stereocenters. The summed E-state index contributed by atoms with van der Waals surface area (Å²) in [6, 6.07) is 7.91. The second-order valence-corrected chi connectivity index (χ2v) is 3.43. The summed E-state index contributed by atoms with van der Waals surface area (Å²) < 4.78 is 5.30. The minimum Gasteiger partial charge on any atom is -0.477 e. The smallest absolute Gasteiger partial charge is 0.354 e. The van der Waals surface area contributed by atoms with Crippen molar-refractivity contribution in [2.45, 2.75) is 6.61 Å². The van der Waals surface area contributed by atoms with Crippen molar-refractivity contribution in [2.75, 3.05) is 0 Å². The largest absolute Gasteiger partial charge is 0.477 e. The normalized spacial score (nSPS) is 10.1. The number of rotatable bonds is 4. The summed E-state index contributed by atoms with van der Waals surface area (Å²) in [4.78, 5) is 18.3. The van der Waals surface area contributed by atoms with Crippen LogP contribution < -0.4 is 4.74 Å². The van der Waals surface area contributed by atoms with E-state index in [0.717, 1.165) is 5.56 Å². The number of aliphatic hydroxyl groups excluding tert-OH is 1. The van der Waals surface area contributed by atoms with Gasteiger partial charge in [-0.1, -0.05) is 12.1 Å². The van der Waals surface area contributed by atoms with E-state index in [4.69, 9.17) is 14.9 Å². The van der Waals surface area contributed by atoms with Gasteiger partial charge in [-0.3, -0.25) is 0 Å². The second kappa shape index (κ2) is 5.24. The molecule has 1 aromatic heterocycles. The van der Waals surface area contributed by atoms with E-state index in [1.54, 1.807) is 24.3 Å². The van der Waals surface area contributed by atoms with Gasteiger partial charge in [0.25, 0.3) is 0 Å². The van der Waals surface area contributed by atoms with Crippen LogP contribution in [0.3, 0.4) is 0 Å². The highest BCUT2D eigenvalue weighted by atomic mass is 16.5. The molecule has 0 aliphatic rings. The molecule has 1 aromatic carbocycles. The molecule has 6 heteroatoms. The number of hydrogen-bond donors (Lipinski definition) is 2. The van der Waals surface area contributed by atoms with Crippen LogP contribution in [0.15, 0.2) is 36.5 Å². The molecule has 2 rings (SSSR count). The Labute approximate surface area is 103 Å². The zero-order valence-corrected chi connectivity index (χ0v) is 9.28. The molecular formula is C12H10N2O4. The average Bonchev–Trinajstić information content (AvgIpc) is 2.40. The van der Waals surface area contributed by atoms with E-state index in [-0.39, 0.29) is 18.3 Å². The summed E-state index contributed by atoms with van der Waals surface area (Å²) in [5.74, 6) is -0.674. The Hall–Kier alpha value is -2.47. The minimum absolute atomic E-state index is 0.0355. The van der Waals surface area contributed by atoms with Crippen molar-refractivity contribution in [1.29, 1.82) is 0 Å². The van der Waals surface area contributed by atoms with Crippen molar-refractivity contribution in [1.82, 2.24) is 9.97 Å². The summed E-state index contributed by atoms with van der Waals surface area (Å²) in [6.45, 7) is -0.0503.